The molecule has 3 amide bonds. The zero-order chi connectivity index (χ0) is 19.0. The standard InChI is InChI=1S/C19H23FN4O3/c20-8-19(10-22-11-19)9-21-6-12-2-1-3-13-7-24(18(27)16(12)13)14-4-5-15(25)23-17(14)26/h1-3,14,21-22H,4-11H2,(H,23,25,26). The number of rotatable bonds is 6. The summed E-state index contributed by atoms with van der Waals surface area (Å²) >= 11 is 0. The highest BCUT2D eigenvalue weighted by atomic mass is 19.1. The maximum absolute atomic E-state index is 13.2. The van der Waals surface area contributed by atoms with Gasteiger partial charge in [-0.3, -0.25) is 24.1 Å². The fraction of sp³-hybridized carbons (Fsp3) is 0.526. The van der Waals surface area contributed by atoms with Crippen LogP contribution in [-0.4, -0.2) is 55.0 Å². The minimum Gasteiger partial charge on any atom is -0.322 e. The van der Waals surface area contributed by atoms with Gasteiger partial charge in [0.25, 0.3) is 5.91 Å². The van der Waals surface area contributed by atoms with Gasteiger partial charge in [-0.25, -0.2) is 0 Å². The second-order valence-corrected chi connectivity index (χ2v) is 7.69. The minimum absolute atomic E-state index is 0.178. The average molecular weight is 374 g/mol. The van der Waals surface area contributed by atoms with Crippen LogP contribution in [0.2, 0.25) is 0 Å². The van der Waals surface area contributed by atoms with Crippen molar-refractivity contribution in [2.75, 3.05) is 26.3 Å². The number of fused-ring (bicyclic) bond motifs is 1. The molecule has 1 unspecified atom stereocenters. The fourth-order valence-electron chi connectivity index (χ4n) is 4.04. The summed E-state index contributed by atoms with van der Waals surface area (Å²) in [6.07, 6.45) is 0.592. The minimum atomic E-state index is -0.612. The molecule has 2 saturated heterocycles. The number of carbonyl (C=O) groups is 3. The largest absolute Gasteiger partial charge is 0.322 e. The molecule has 0 bridgehead atoms. The number of piperidine rings is 1. The third kappa shape index (κ3) is 3.23. The molecule has 27 heavy (non-hydrogen) atoms. The Bertz CT molecular complexity index is 788. The molecule has 1 aromatic carbocycles. The van der Waals surface area contributed by atoms with E-state index in [9.17, 15) is 18.8 Å². The molecule has 144 valence electrons. The highest BCUT2D eigenvalue weighted by Crippen LogP contribution is 2.30. The lowest BCUT2D eigenvalue weighted by atomic mass is 9.83. The molecule has 0 spiro atoms. The normalized spacial score (nSPS) is 23.8. The van der Waals surface area contributed by atoms with Crippen molar-refractivity contribution in [2.45, 2.75) is 32.0 Å². The van der Waals surface area contributed by atoms with Gasteiger partial charge in [0, 0.05) is 50.1 Å². The molecule has 3 heterocycles. The van der Waals surface area contributed by atoms with Gasteiger partial charge < -0.3 is 15.5 Å². The lowest BCUT2D eigenvalue weighted by Crippen LogP contribution is -2.59. The van der Waals surface area contributed by atoms with Crippen LogP contribution in [0.5, 0.6) is 0 Å². The maximum atomic E-state index is 13.2. The number of nitrogens with one attached hydrogen (secondary N) is 3. The average Bonchev–Trinajstić information content (AvgIpc) is 2.95. The van der Waals surface area contributed by atoms with Gasteiger partial charge in [-0.15, -0.1) is 0 Å². The number of imide groups is 1. The maximum Gasteiger partial charge on any atom is 0.255 e. The predicted octanol–water partition coefficient (Wildman–Crippen LogP) is 0.0963. The van der Waals surface area contributed by atoms with Gasteiger partial charge >= 0.3 is 0 Å². The molecule has 0 aliphatic carbocycles. The van der Waals surface area contributed by atoms with E-state index in [0.717, 1.165) is 11.1 Å². The second-order valence-electron chi connectivity index (χ2n) is 7.69. The second kappa shape index (κ2) is 7.01. The summed E-state index contributed by atoms with van der Waals surface area (Å²) in [4.78, 5) is 38.1. The topological polar surface area (TPSA) is 90.5 Å². The van der Waals surface area contributed by atoms with Gasteiger partial charge in [0.15, 0.2) is 0 Å². The van der Waals surface area contributed by atoms with E-state index in [-0.39, 0.29) is 30.3 Å². The first kappa shape index (κ1) is 18.1. The first-order valence-corrected chi connectivity index (χ1v) is 9.26. The zero-order valence-corrected chi connectivity index (χ0v) is 15.0. The molecule has 0 aromatic heterocycles. The predicted molar refractivity (Wildman–Crippen MR) is 95.5 cm³/mol. The lowest BCUT2D eigenvalue weighted by molar-refractivity contribution is -0.136. The van der Waals surface area contributed by atoms with E-state index >= 15 is 0 Å². The van der Waals surface area contributed by atoms with Crippen molar-refractivity contribution in [3.8, 4) is 0 Å². The SMILES string of the molecule is O=C1CCC(N2Cc3cccc(CNCC4(CF)CNC4)c3C2=O)C(=O)N1. The molecular formula is C19H23FN4O3. The highest BCUT2D eigenvalue weighted by molar-refractivity contribution is 6.05. The van der Waals surface area contributed by atoms with E-state index in [0.29, 0.717) is 44.7 Å². The van der Waals surface area contributed by atoms with Crippen LogP contribution in [0.25, 0.3) is 0 Å². The van der Waals surface area contributed by atoms with E-state index in [4.69, 9.17) is 0 Å². The molecule has 4 rings (SSSR count). The van der Waals surface area contributed by atoms with Crippen LogP contribution in [0, 0.1) is 5.41 Å². The fourth-order valence-corrected chi connectivity index (χ4v) is 4.04. The van der Waals surface area contributed by atoms with Crippen LogP contribution in [0.3, 0.4) is 0 Å². The van der Waals surface area contributed by atoms with Crippen LogP contribution in [0.4, 0.5) is 4.39 Å². The van der Waals surface area contributed by atoms with Crippen molar-refractivity contribution >= 4 is 17.7 Å². The molecular weight excluding hydrogens is 351 g/mol. The Morgan fingerprint density at radius 2 is 2.07 bits per heavy atom. The molecule has 3 N–H and O–H groups in total. The van der Waals surface area contributed by atoms with Crippen LogP contribution in [-0.2, 0) is 22.7 Å². The lowest BCUT2D eigenvalue weighted by Gasteiger charge is -2.40. The number of hydrogen-bond donors (Lipinski definition) is 3. The molecule has 1 atom stereocenters. The van der Waals surface area contributed by atoms with E-state index in [2.05, 4.69) is 16.0 Å². The monoisotopic (exact) mass is 374 g/mol. The van der Waals surface area contributed by atoms with E-state index in [1.165, 1.54) is 0 Å². The van der Waals surface area contributed by atoms with Crippen molar-refractivity contribution in [1.82, 2.24) is 20.9 Å². The molecule has 7 nitrogen and oxygen atoms in total. The third-order valence-electron chi connectivity index (χ3n) is 5.74. The summed E-state index contributed by atoms with van der Waals surface area (Å²) < 4.78 is 13.2. The van der Waals surface area contributed by atoms with Crippen LogP contribution < -0.4 is 16.0 Å². The molecule has 3 aliphatic heterocycles. The number of amides is 3. The molecule has 1 aromatic rings. The zero-order valence-electron chi connectivity index (χ0n) is 15.0. The Morgan fingerprint density at radius 1 is 1.26 bits per heavy atom. The number of nitrogens with zero attached hydrogens (tertiary/aromatic N) is 1. The van der Waals surface area contributed by atoms with Crippen LogP contribution in [0.1, 0.15) is 34.3 Å². The summed E-state index contributed by atoms with van der Waals surface area (Å²) in [6.45, 7) is 2.33. The summed E-state index contributed by atoms with van der Waals surface area (Å²) in [7, 11) is 0. The Kier molecular flexibility index (Phi) is 4.69. The Labute approximate surface area is 156 Å². The summed E-state index contributed by atoms with van der Waals surface area (Å²) in [5, 5.41) is 8.69. The number of halogens is 1. The molecule has 8 heteroatoms. The molecule has 0 saturated carbocycles. The number of benzene rings is 1. The van der Waals surface area contributed by atoms with Gasteiger partial charge in [-0.2, -0.15) is 0 Å². The van der Waals surface area contributed by atoms with Crippen molar-refractivity contribution in [3.05, 3.63) is 34.9 Å². The summed E-state index contributed by atoms with van der Waals surface area (Å²) in [5.41, 5.74) is 2.01. The first-order chi connectivity index (χ1) is 13.0. The summed E-state index contributed by atoms with van der Waals surface area (Å²) in [6, 6.07) is 5.06. The van der Waals surface area contributed by atoms with Crippen molar-refractivity contribution in [3.63, 3.8) is 0 Å². The van der Waals surface area contributed by atoms with E-state index in [1.807, 2.05) is 18.2 Å². The Morgan fingerprint density at radius 3 is 2.74 bits per heavy atom. The molecule has 3 aliphatic rings. The van der Waals surface area contributed by atoms with E-state index < -0.39 is 11.9 Å². The smallest absolute Gasteiger partial charge is 0.255 e. The van der Waals surface area contributed by atoms with Gasteiger partial charge in [0.05, 0.1) is 6.67 Å². The van der Waals surface area contributed by atoms with Crippen LogP contribution >= 0.6 is 0 Å². The van der Waals surface area contributed by atoms with Crippen LogP contribution in [0.15, 0.2) is 18.2 Å². The number of carbonyl (C=O) groups excluding carboxylic acids is 3. The quantitative estimate of drug-likeness (QED) is 0.615. The van der Waals surface area contributed by atoms with Crippen molar-refractivity contribution in [2.24, 2.45) is 5.41 Å². The van der Waals surface area contributed by atoms with Gasteiger partial charge in [0.2, 0.25) is 11.8 Å². The Hall–Kier alpha value is -2.32. The third-order valence-corrected chi connectivity index (χ3v) is 5.74. The molecule has 0 radical (unpaired) electrons. The molecule has 2 fully saturated rings. The highest BCUT2D eigenvalue weighted by Gasteiger charge is 2.40. The Balaban J connectivity index is 1.46. The van der Waals surface area contributed by atoms with Crippen molar-refractivity contribution in [1.29, 1.82) is 0 Å². The van der Waals surface area contributed by atoms with Gasteiger partial charge in [-0.05, 0) is 17.5 Å². The summed E-state index contributed by atoms with van der Waals surface area (Å²) in [5.74, 6) is -0.880. The van der Waals surface area contributed by atoms with E-state index in [1.54, 1.807) is 4.90 Å². The van der Waals surface area contributed by atoms with Gasteiger partial charge in [0.1, 0.15) is 6.04 Å². The first-order valence-electron chi connectivity index (χ1n) is 9.26. The number of alkyl halides is 1. The van der Waals surface area contributed by atoms with Crippen molar-refractivity contribution < 1.29 is 18.8 Å². The number of hydrogen-bond acceptors (Lipinski definition) is 5. The van der Waals surface area contributed by atoms with Gasteiger partial charge in [-0.1, -0.05) is 18.2 Å².